The average molecular weight is 168 g/mol. The Morgan fingerprint density at radius 2 is 2.08 bits per heavy atom. The Balaban J connectivity index is 2.14. The molecule has 0 heterocycles. The van der Waals surface area contributed by atoms with Gasteiger partial charge in [0, 0.05) is 12.8 Å². The molecule has 2 fully saturated rings. The SMILES string of the molecule is CC1CC(=O)CC2CCC(O)C12. The zero-order valence-corrected chi connectivity index (χ0v) is 7.49. The number of hydrogen-bond donors (Lipinski definition) is 1. The van der Waals surface area contributed by atoms with Gasteiger partial charge in [0.15, 0.2) is 0 Å². The molecule has 0 amide bonds. The highest BCUT2D eigenvalue weighted by Crippen LogP contribution is 2.44. The standard InChI is InChI=1S/C10H16O2/c1-6-4-8(11)5-7-2-3-9(12)10(6)7/h6-7,9-10,12H,2-5H2,1H3. The van der Waals surface area contributed by atoms with Crippen molar-refractivity contribution in [1.82, 2.24) is 0 Å². The van der Waals surface area contributed by atoms with E-state index >= 15 is 0 Å². The summed E-state index contributed by atoms with van der Waals surface area (Å²) in [6.45, 7) is 2.10. The van der Waals surface area contributed by atoms with Crippen molar-refractivity contribution in [3.8, 4) is 0 Å². The maximum atomic E-state index is 11.2. The molecule has 2 rings (SSSR count). The van der Waals surface area contributed by atoms with Crippen LogP contribution in [0.1, 0.15) is 32.6 Å². The summed E-state index contributed by atoms with van der Waals surface area (Å²) in [5.74, 6) is 1.73. The first kappa shape index (κ1) is 8.24. The van der Waals surface area contributed by atoms with Gasteiger partial charge in [-0.25, -0.2) is 0 Å². The molecular weight excluding hydrogens is 152 g/mol. The topological polar surface area (TPSA) is 37.3 Å². The smallest absolute Gasteiger partial charge is 0.133 e. The van der Waals surface area contributed by atoms with Crippen molar-refractivity contribution in [3.05, 3.63) is 0 Å². The van der Waals surface area contributed by atoms with Gasteiger partial charge >= 0.3 is 0 Å². The van der Waals surface area contributed by atoms with Crippen LogP contribution in [0.4, 0.5) is 0 Å². The minimum Gasteiger partial charge on any atom is -0.393 e. The van der Waals surface area contributed by atoms with E-state index in [1.807, 2.05) is 0 Å². The van der Waals surface area contributed by atoms with Gasteiger partial charge in [0.1, 0.15) is 5.78 Å². The molecule has 2 saturated carbocycles. The predicted octanol–water partition coefficient (Wildman–Crippen LogP) is 1.37. The highest BCUT2D eigenvalue weighted by atomic mass is 16.3. The molecule has 0 aromatic rings. The number of aliphatic hydroxyl groups excluding tert-OH is 1. The summed E-state index contributed by atoms with van der Waals surface area (Å²) in [6, 6.07) is 0. The van der Waals surface area contributed by atoms with Crippen molar-refractivity contribution >= 4 is 5.78 Å². The molecule has 1 N–H and O–H groups in total. The van der Waals surface area contributed by atoms with Crippen LogP contribution in [0, 0.1) is 17.8 Å². The van der Waals surface area contributed by atoms with Crippen LogP contribution in [0.5, 0.6) is 0 Å². The van der Waals surface area contributed by atoms with E-state index in [2.05, 4.69) is 6.92 Å². The summed E-state index contributed by atoms with van der Waals surface area (Å²) in [5.41, 5.74) is 0. The molecule has 0 aliphatic heterocycles. The van der Waals surface area contributed by atoms with E-state index < -0.39 is 0 Å². The molecule has 2 heteroatoms. The number of fused-ring (bicyclic) bond motifs is 1. The molecule has 12 heavy (non-hydrogen) atoms. The van der Waals surface area contributed by atoms with Crippen LogP contribution in [0.3, 0.4) is 0 Å². The molecule has 0 aromatic carbocycles. The van der Waals surface area contributed by atoms with Gasteiger partial charge in [-0.05, 0) is 30.6 Å². The Morgan fingerprint density at radius 3 is 2.83 bits per heavy atom. The Morgan fingerprint density at radius 1 is 1.33 bits per heavy atom. The largest absolute Gasteiger partial charge is 0.393 e. The number of aliphatic hydroxyl groups is 1. The fourth-order valence-electron chi connectivity index (χ4n) is 3.04. The molecule has 0 saturated heterocycles. The van der Waals surface area contributed by atoms with Crippen LogP contribution >= 0.6 is 0 Å². The van der Waals surface area contributed by atoms with E-state index in [1.54, 1.807) is 0 Å². The third-order valence-corrected chi connectivity index (χ3v) is 3.52. The quantitative estimate of drug-likeness (QED) is 0.593. The number of carbonyl (C=O) groups excluding carboxylic acids is 1. The fourth-order valence-corrected chi connectivity index (χ4v) is 3.04. The molecule has 2 aliphatic rings. The van der Waals surface area contributed by atoms with Gasteiger partial charge in [0.2, 0.25) is 0 Å². The molecule has 4 atom stereocenters. The maximum absolute atomic E-state index is 11.2. The van der Waals surface area contributed by atoms with Gasteiger partial charge in [-0.1, -0.05) is 6.92 Å². The number of hydrogen-bond acceptors (Lipinski definition) is 2. The lowest BCUT2D eigenvalue weighted by atomic mass is 9.73. The van der Waals surface area contributed by atoms with Crippen molar-refractivity contribution in [2.45, 2.75) is 38.7 Å². The van der Waals surface area contributed by atoms with Crippen molar-refractivity contribution in [2.24, 2.45) is 17.8 Å². The first-order chi connectivity index (χ1) is 5.68. The third kappa shape index (κ3) is 1.18. The minimum atomic E-state index is -0.127. The van der Waals surface area contributed by atoms with Gasteiger partial charge < -0.3 is 5.11 Å². The zero-order chi connectivity index (χ0) is 8.72. The summed E-state index contributed by atoms with van der Waals surface area (Å²) in [4.78, 5) is 11.2. The molecule has 4 unspecified atom stereocenters. The fraction of sp³-hybridized carbons (Fsp3) is 0.900. The van der Waals surface area contributed by atoms with Gasteiger partial charge in [-0.3, -0.25) is 4.79 Å². The summed E-state index contributed by atoms with van der Waals surface area (Å²) < 4.78 is 0. The lowest BCUT2D eigenvalue weighted by Crippen LogP contribution is -2.33. The summed E-state index contributed by atoms with van der Waals surface area (Å²) in [5, 5.41) is 9.67. The molecule has 0 aromatic heterocycles. The van der Waals surface area contributed by atoms with E-state index in [9.17, 15) is 9.90 Å². The number of carbonyl (C=O) groups is 1. The first-order valence-electron chi connectivity index (χ1n) is 4.88. The number of ketones is 1. The average Bonchev–Trinajstić information content (AvgIpc) is 2.31. The monoisotopic (exact) mass is 168 g/mol. The first-order valence-corrected chi connectivity index (χ1v) is 4.88. The van der Waals surface area contributed by atoms with Gasteiger partial charge in [-0.15, -0.1) is 0 Å². The second-order valence-electron chi connectivity index (χ2n) is 4.41. The maximum Gasteiger partial charge on any atom is 0.133 e. The summed E-state index contributed by atoms with van der Waals surface area (Å²) in [6.07, 6.45) is 3.26. The Hall–Kier alpha value is -0.370. The van der Waals surface area contributed by atoms with Crippen molar-refractivity contribution < 1.29 is 9.90 Å². The Kier molecular flexibility index (Phi) is 1.95. The van der Waals surface area contributed by atoms with Crippen LogP contribution in [0.25, 0.3) is 0 Å². The normalized spacial score (nSPS) is 47.7. The van der Waals surface area contributed by atoms with E-state index in [0.29, 0.717) is 30.0 Å². The molecule has 2 aliphatic carbocycles. The van der Waals surface area contributed by atoms with Gasteiger partial charge in [-0.2, -0.15) is 0 Å². The van der Waals surface area contributed by atoms with Crippen molar-refractivity contribution in [1.29, 1.82) is 0 Å². The second-order valence-corrected chi connectivity index (χ2v) is 4.41. The van der Waals surface area contributed by atoms with Gasteiger partial charge in [0.25, 0.3) is 0 Å². The van der Waals surface area contributed by atoms with Crippen LogP contribution in [-0.2, 0) is 4.79 Å². The Bertz CT molecular complexity index is 200. The van der Waals surface area contributed by atoms with E-state index in [0.717, 1.165) is 19.3 Å². The molecule has 0 radical (unpaired) electrons. The summed E-state index contributed by atoms with van der Waals surface area (Å²) >= 11 is 0. The van der Waals surface area contributed by atoms with E-state index in [-0.39, 0.29) is 6.10 Å². The highest BCUT2D eigenvalue weighted by Gasteiger charge is 2.42. The summed E-state index contributed by atoms with van der Waals surface area (Å²) in [7, 11) is 0. The molecule has 68 valence electrons. The number of rotatable bonds is 0. The van der Waals surface area contributed by atoms with Crippen LogP contribution in [0.15, 0.2) is 0 Å². The molecule has 2 nitrogen and oxygen atoms in total. The highest BCUT2D eigenvalue weighted by molar-refractivity contribution is 5.79. The predicted molar refractivity (Wildman–Crippen MR) is 45.6 cm³/mol. The van der Waals surface area contributed by atoms with Crippen molar-refractivity contribution in [3.63, 3.8) is 0 Å². The van der Waals surface area contributed by atoms with Crippen LogP contribution in [-0.4, -0.2) is 17.0 Å². The van der Waals surface area contributed by atoms with Gasteiger partial charge in [0.05, 0.1) is 6.10 Å². The lowest BCUT2D eigenvalue weighted by Gasteiger charge is -2.32. The molecule has 0 bridgehead atoms. The van der Waals surface area contributed by atoms with E-state index in [4.69, 9.17) is 0 Å². The zero-order valence-electron chi connectivity index (χ0n) is 7.49. The Labute approximate surface area is 73.0 Å². The minimum absolute atomic E-state index is 0.127. The lowest BCUT2D eigenvalue weighted by molar-refractivity contribution is -0.124. The van der Waals surface area contributed by atoms with Crippen LogP contribution in [0.2, 0.25) is 0 Å². The van der Waals surface area contributed by atoms with E-state index in [1.165, 1.54) is 0 Å². The second kappa shape index (κ2) is 2.84. The molecular formula is C10H16O2. The van der Waals surface area contributed by atoms with Crippen LogP contribution < -0.4 is 0 Å². The van der Waals surface area contributed by atoms with Crippen molar-refractivity contribution in [2.75, 3.05) is 0 Å². The molecule has 0 spiro atoms. The third-order valence-electron chi connectivity index (χ3n) is 3.52. The number of Topliss-reactive ketones (excluding diaryl/α,β-unsaturated/α-hetero) is 1.